The minimum atomic E-state index is 1.06. The normalized spacial score (nSPS) is 17.1. The molecule has 0 atom stereocenters. The van der Waals surface area contributed by atoms with Crippen LogP contribution in [-0.2, 0) is 13.6 Å². The second kappa shape index (κ2) is 4.51. The molecule has 2 aliphatic rings. The summed E-state index contributed by atoms with van der Waals surface area (Å²) < 4.78 is 4.82. The maximum Gasteiger partial charge on any atom is 0.310 e. The Morgan fingerprint density at radius 2 is 1.65 bits per heavy atom. The van der Waals surface area contributed by atoms with Gasteiger partial charge in [0.05, 0.1) is 25.0 Å². The highest BCUT2D eigenvalue weighted by Crippen LogP contribution is 2.45. The maximum atomic E-state index is 2.48. The number of hydrogen-bond acceptors (Lipinski definition) is 2. The van der Waals surface area contributed by atoms with Gasteiger partial charge in [0.2, 0.25) is 0 Å². The van der Waals surface area contributed by atoms with E-state index in [1.807, 2.05) is 0 Å². The molecule has 0 N–H and O–H groups in total. The summed E-state index contributed by atoms with van der Waals surface area (Å²) >= 11 is 0. The van der Waals surface area contributed by atoms with Gasteiger partial charge >= 0.3 is 5.82 Å². The van der Waals surface area contributed by atoms with Crippen LogP contribution in [0.2, 0.25) is 0 Å². The number of rotatable bonds is 0. The summed E-state index contributed by atoms with van der Waals surface area (Å²) in [5, 5.41) is 0. The number of imidazole rings is 1. The Balaban J connectivity index is 1.80. The van der Waals surface area contributed by atoms with Gasteiger partial charge in [-0.3, -0.25) is 0 Å². The van der Waals surface area contributed by atoms with E-state index in [-0.39, 0.29) is 0 Å². The lowest BCUT2D eigenvalue weighted by atomic mass is 10.2. The first-order valence-electron chi connectivity index (χ1n) is 8.22. The van der Waals surface area contributed by atoms with E-state index in [1.54, 1.807) is 0 Å². The minimum absolute atomic E-state index is 1.06. The van der Waals surface area contributed by atoms with Crippen molar-refractivity contribution >= 4 is 22.4 Å². The molecule has 4 nitrogen and oxygen atoms in total. The van der Waals surface area contributed by atoms with Crippen LogP contribution in [-0.4, -0.2) is 18.2 Å². The van der Waals surface area contributed by atoms with E-state index in [0.717, 1.165) is 19.5 Å². The summed E-state index contributed by atoms with van der Waals surface area (Å²) in [7, 11) is 4.36. The Kier molecular flexibility index (Phi) is 2.55. The van der Waals surface area contributed by atoms with E-state index < -0.39 is 0 Å². The Morgan fingerprint density at radius 1 is 0.913 bits per heavy atom. The standard InChI is InChI=1S/C19H20N4/c1-20-14-8-3-5-10-16(14)22-12-7-13-23-17-11-6-4-9-15(17)21(2)19(23)18(20)22/h3-6,8-11H,7,12-13H2,1-2H3/q+1. The van der Waals surface area contributed by atoms with Gasteiger partial charge in [-0.1, -0.05) is 24.3 Å². The van der Waals surface area contributed by atoms with Crippen molar-refractivity contribution in [1.82, 2.24) is 4.57 Å². The van der Waals surface area contributed by atoms with Crippen molar-refractivity contribution in [3.63, 3.8) is 0 Å². The van der Waals surface area contributed by atoms with Crippen LogP contribution in [0, 0.1) is 6.17 Å². The Hall–Kier alpha value is -2.49. The number of anilines is 2. The van der Waals surface area contributed by atoms with E-state index in [2.05, 4.69) is 81.6 Å². The third-order valence-corrected chi connectivity index (χ3v) is 5.18. The molecule has 2 aromatic carbocycles. The van der Waals surface area contributed by atoms with Gasteiger partial charge in [-0.15, -0.1) is 0 Å². The van der Waals surface area contributed by atoms with Crippen LogP contribution < -0.4 is 14.4 Å². The van der Waals surface area contributed by atoms with Crippen molar-refractivity contribution < 1.29 is 4.57 Å². The summed E-state index contributed by atoms with van der Waals surface area (Å²) in [5.74, 6) is 1.29. The van der Waals surface area contributed by atoms with E-state index in [1.165, 1.54) is 34.4 Å². The number of aromatic nitrogens is 2. The molecule has 1 aromatic heterocycles. The summed E-state index contributed by atoms with van der Waals surface area (Å²) in [6.07, 6.45) is 2.44. The predicted molar refractivity (Wildman–Crippen MR) is 92.3 cm³/mol. The first-order valence-corrected chi connectivity index (χ1v) is 8.22. The van der Waals surface area contributed by atoms with E-state index >= 15 is 0 Å². The molecule has 0 unspecified atom stereocenters. The van der Waals surface area contributed by atoms with Crippen molar-refractivity contribution in [2.45, 2.75) is 13.0 Å². The molecule has 0 amide bonds. The van der Waals surface area contributed by atoms with Crippen LogP contribution in [0.1, 0.15) is 12.2 Å². The summed E-state index contributed by atoms with van der Waals surface area (Å²) in [6, 6.07) is 17.4. The van der Waals surface area contributed by atoms with Gasteiger partial charge in [0.25, 0.3) is 6.17 Å². The number of para-hydroxylation sites is 4. The van der Waals surface area contributed by atoms with E-state index in [4.69, 9.17) is 0 Å². The smallest absolute Gasteiger partial charge is 0.310 e. The first-order chi connectivity index (χ1) is 11.3. The van der Waals surface area contributed by atoms with Gasteiger partial charge in [-0.25, -0.2) is 9.13 Å². The van der Waals surface area contributed by atoms with Gasteiger partial charge in [-0.05, 0) is 24.3 Å². The SMILES string of the molecule is CN1[C]2c3n(c4ccccc4[n+]3C)CCCN2c2ccccc21. The molecule has 23 heavy (non-hydrogen) atoms. The third kappa shape index (κ3) is 1.58. The highest BCUT2D eigenvalue weighted by Gasteiger charge is 2.45. The fourth-order valence-electron chi connectivity index (χ4n) is 4.15. The van der Waals surface area contributed by atoms with E-state index in [9.17, 15) is 0 Å². The molecule has 0 saturated carbocycles. The summed E-state index contributed by atoms with van der Waals surface area (Å²) in [6.45, 7) is 2.12. The first kappa shape index (κ1) is 13.0. The van der Waals surface area contributed by atoms with Crippen LogP contribution in [0.4, 0.5) is 11.4 Å². The van der Waals surface area contributed by atoms with Crippen molar-refractivity contribution in [1.29, 1.82) is 0 Å². The molecular weight excluding hydrogens is 284 g/mol. The van der Waals surface area contributed by atoms with Crippen LogP contribution in [0.5, 0.6) is 0 Å². The van der Waals surface area contributed by atoms with E-state index in [0.29, 0.717) is 0 Å². The van der Waals surface area contributed by atoms with Crippen molar-refractivity contribution in [3.8, 4) is 0 Å². The average molecular weight is 304 g/mol. The molecule has 5 rings (SSSR count). The van der Waals surface area contributed by atoms with Gasteiger partial charge < -0.3 is 9.80 Å². The maximum absolute atomic E-state index is 2.48. The zero-order valence-corrected chi connectivity index (χ0v) is 13.5. The lowest BCUT2D eigenvalue weighted by Crippen LogP contribution is -2.44. The van der Waals surface area contributed by atoms with Crippen LogP contribution in [0.15, 0.2) is 48.5 Å². The average Bonchev–Trinajstić information content (AvgIpc) is 2.92. The zero-order valence-electron chi connectivity index (χ0n) is 13.5. The molecular formula is C19H20N4+. The number of fused-ring (bicyclic) bond motifs is 7. The number of hydrogen-bond donors (Lipinski definition) is 0. The van der Waals surface area contributed by atoms with Crippen molar-refractivity contribution in [2.75, 3.05) is 23.4 Å². The predicted octanol–water partition coefficient (Wildman–Crippen LogP) is 2.66. The molecule has 2 aliphatic heterocycles. The van der Waals surface area contributed by atoms with Crippen LogP contribution in [0.3, 0.4) is 0 Å². The largest absolute Gasteiger partial charge is 0.336 e. The number of nitrogens with zero attached hydrogens (tertiary/aromatic N) is 4. The molecule has 0 aliphatic carbocycles. The molecule has 3 heterocycles. The monoisotopic (exact) mass is 304 g/mol. The quantitative estimate of drug-likeness (QED) is 0.593. The molecule has 0 saturated heterocycles. The lowest BCUT2D eigenvalue weighted by molar-refractivity contribution is -0.651. The number of aryl methyl sites for hydroxylation is 2. The lowest BCUT2D eigenvalue weighted by Gasteiger charge is -2.24. The summed E-state index contributed by atoms with van der Waals surface area (Å²) in [5.41, 5.74) is 5.23. The highest BCUT2D eigenvalue weighted by molar-refractivity contribution is 5.83. The van der Waals surface area contributed by atoms with Gasteiger partial charge in [-0.2, -0.15) is 0 Å². The molecule has 0 bridgehead atoms. The molecule has 0 spiro atoms. The number of benzene rings is 2. The second-order valence-corrected chi connectivity index (χ2v) is 6.40. The highest BCUT2D eigenvalue weighted by atomic mass is 15.4. The second-order valence-electron chi connectivity index (χ2n) is 6.40. The minimum Gasteiger partial charge on any atom is -0.336 e. The molecule has 0 fully saturated rings. The topological polar surface area (TPSA) is 15.3 Å². The molecule has 3 aromatic rings. The molecule has 4 heteroatoms. The Morgan fingerprint density at radius 3 is 2.52 bits per heavy atom. The summed E-state index contributed by atoms with van der Waals surface area (Å²) in [4.78, 5) is 4.82. The van der Waals surface area contributed by atoms with Gasteiger partial charge in [0.1, 0.15) is 0 Å². The zero-order chi connectivity index (χ0) is 15.6. The Bertz CT molecular complexity index is 911. The fraction of sp³-hybridized carbons (Fsp3) is 0.263. The van der Waals surface area contributed by atoms with Crippen molar-refractivity contribution in [2.24, 2.45) is 7.05 Å². The molecule has 1 radical (unpaired) electrons. The third-order valence-electron chi connectivity index (χ3n) is 5.18. The van der Waals surface area contributed by atoms with Crippen molar-refractivity contribution in [3.05, 3.63) is 60.5 Å². The van der Waals surface area contributed by atoms with Crippen LogP contribution >= 0.6 is 0 Å². The Labute approximate surface area is 136 Å². The van der Waals surface area contributed by atoms with Crippen LogP contribution in [0.25, 0.3) is 11.0 Å². The van der Waals surface area contributed by atoms with Gasteiger partial charge in [0.15, 0.2) is 11.0 Å². The fourth-order valence-corrected chi connectivity index (χ4v) is 4.15. The van der Waals surface area contributed by atoms with Gasteiger partial charge in [0, 0.05) is 20.0 Å². The molecule has 115 valence electrons.